The molecule has 21 heavy (non-hydrogen) atoms. The number of amides is 1. The summed E-state index contributed by atoms with van der Waals surface area (Å²) in [5.74, 6) is -1.05. The number of nitrogens with one attached hydrogen (secondary N) is 1. The molecule has 1 aromatic heterocycles. The van der Waals surface area contributed by atoms with E-state index in [1.165, 1.54) is 0 Å². The van der Waals surface area contributed by atoms with Gasteiger partial charge in [-0.25, -0.2) is 0 Å². The summed E-state index contributed by atoms with van der Waals surface area (Å²) in [7, 11) is 0. The Balaban J connectivity index is 0.00000161. The fourth-order valence-electron chi connectivity index (χ4n) is 3.10. The topological polar surface area (TPSA) is 74.2 Å². The van der Waals surface area contributed by atoms with E-state index in [2.05, 4.69) is 5.32 Å². The van der Waals surface area contributed by atoms with Gasteiger partial charge in [-0.15, -0.1) is 0 Å². The maximum Gasteiger partial charge on any atom is 1.00 e. The predicted molar refractivity (Wildman–Crippen MR) is 73.4 cm³/mol. The van der Waals surface area contributed by atoms with E-state index < -0.39 is 5.97 Å². The van der Waals surface area contributed by atoms with Crippen LogP contribution < -0.4 is 29.3 Å². The zero-order valence-corrected chi connectivity index (χ0v) is 12.4. The van der Waals surface area contributed by atoms with Gasteiger partial charge in [-0.1, -0.05) is 19.9 Å². The number of rotatable bonds is 3. The summed E-state index contributed by atoms with van der Waals surface area (Å²) in [4.78, 5) is 22.9. The van der Waals surface area contributed by atoms with Gasteiger partial charge in [0, 0.05) is 11.1 Å². The van der Waals surface area contributed by atoms with Gasteiger partial charge in [-0.05, 0) is 23.6 Å². The van der Waals surface area contributed by atoms with E-state index in [1.54, 1.807) is 4.57 Å². The average Bonchev–Trinajstić information content (AvgIpc) is 2.64. The number of carboxylic acids is 1. The molecule has 2 aromatic rings. The Morgan fingerprint density at radius 3 is 2.76 bits per heavy atom. The Kier molecular flexibility index (Phi) is 4.17. The maximum atomic E-state index is 11.8. The van der Waals surface area contributed by atoms with Crippen molar-refractivity contribution >= 4 is 28.5 Å². The third kappa shape index (κ3) is 2.48. The predicted octanol–water partition coefficient (Wildman–Crippen LogP) is -1.99. The van der Waals surface area contributed by atoms with Gasteiger partial charge in [0.25, 0.3) is 0 Å². The van der Waals surface area contributed by atoms with Gasteiger partial charge >= 0.3 is 18.9 Å². The molecule has 0 saturated heterocycles. The van der Waals surface area contributed by atoms with Crippen molar-refractivity contribution in [3.63, 3.8) is 0 Å². The van der Waals surface area contributed by atoms with E-state index in [-0.39, 0.29) is 37.2 Å². The first kappa shape index (κ1) is 15.7. The molecule has 1 N–H and O–H groups in total. The van der Waals surface area contributed by atoms with Crippen LogP contribution >= 0.6 is 0 Å². The van der Waals surface area contributed by atoms with Crippen LogP contribution in [0, 0.1) is 0 Å². The number of carbonyl (C=O) groups excluding carboxylic acids is 2. The number of aliphatic carboxylic acids is 1. The second-order valence-electron chi connectivity index (χ2n) is 5.40. The summed E-state index contributed by atoms with van der Waals surface area (Å²) in [6.45, 7) is 3.81. The number of hydrogen-bond acceptors (Lipinski definition) is 3. The number of nitrogens with zero attached hydrogens (tertiary/aromatic N) is 1. The quantitative estimate of drug-likeness (QED) is 0.661. The fourth-order valence-corrected chi connectivity index (χ4v) is 3.10. The van der Waals surface area contributed by atoms with Crippen LogP contribution in [0.5, 0.6) is 0 Å². The first-order valence-corrected chi connectivity index (χ1v) is 6.62. The van der Waals surface area contributed by atoms with E-state index >= 15 is 0 Å². The molecular formula is C15H15LiN2O3. The minimum Gasteiger partial charge on any atom is -0.548 e. The zero-order valence-electron chi connectivity index (χ0n) is 12.4. The Morgan fingerprint density at radius 1 is 1.43 bits per heavy atom. The van der Waals surface area contributed by atoms with Crippen molar-refractivity contribution in [1.29, 1.82) is 0 Å². The monoisotopic (exact) mass is 278 g/mol. The molecule has 3 rings (SSSR count). The molecule has 0 atom stereocenters. The first-order chi connectivity index (χ1) is 9.49. The molecule has 0 bridgehead atoms. The molecule has 2 heterocycles. The van der Waals surface area contributed by atoms with E-state index in [0.29, 0.717) is 6.42 Å². The molecule has 0 aliphatic carbocycles. The van der Waals surface area contributed by atoms with Crippen LogP contribution in [-0.2, 0) is 22.6 Å². The van der Waals surface area contributed by atoms with Crippen LogP contribution in [0.1, 0.15) is 31.0 Å². The largest absolute Gasteiger partial charge is 1.00 e. The van der Waals surface area contributed by atoms with Crippen LogP contribution in [0.3, 0.4) is 0 Å². The Bertz CT molecular complexity index is 734. The number of hydrogen-bond donors (Lipinski definition) is 1. The molecule has 1 amide bonds. The molecule has 104 valence electrons. The van der Waals surface area contributed by atoms with Gasteiger partial charge in [-0.3, -0.25) is 4.79 Å². The van der Waals surface area contributed by atoms with E-state index in [4.69, 9.17) is 0 Å². The number of carbonyl (C=O) groups is 2. The summed E-state index contributed by atoms with van der Waals surface area (Å²) in [5, 5.41) is 14.8. The smallest absolute Gasteiger partial charge is 0.548 e. The van der Waals surface area contributed by atoms with E-state index in [0.717, 1.165) is 27.8 Å². The summed E-state index contributed by atoms with van der Waals surface area (Å²) >= 11 is 0. The first-order valence-electron chi connectivity index (χ1n) is 6.62. The van der Waals surface area contributed by atoms with Gasteiger partial charge in [0.15, 0.2) is 0 Å². The molecule has 0 fully saturated rings. The summed E-state index contributed by atoms with van der Waals surface area (Å²) in [5.41, 5.74) is 3.44. The number of benzene rings is 1. The van der Waals surface area contributed by atoms with Gasteiger partial charge < -0.3 is 19.8 Å². The zero-order chi connectivity index (χ0) is 14.4. The van der Waals surface area contributed by atoms with Gasteiger partial charge in [0.1, 0.15) is 0 Å². The number of aromatic nitrogens is 1. The van der Waals surface area contributed by atoms with Crippen LogP contribution in [0.25, 0.3) is 10.9 Å². The van der Waals surface area contributed by atoms with Gasteiger partial charge in [0.05, 0.1) is 30.1 Å². The second kappa shape index (κ2) is 5.59. The molecule has 1 aromatic carbocycles. The summed E-state index contributed by atoms with van der Waals surface area (Å²) < 4.78 is 1.76. The van der Waals surface area contributed by atoms with Crippen molar-refractivity contribution in [1.82, 2.24) is 4.57 Å². The Labute approximate surface area is 134 Å². The molecule has 0 spiro atoms. The van der Waals surface area contributed by atoms with Crippen molar-refractivity contribution in [2.45, 2.75) is 32.7 Å². The molecule has 0 unspecified atom stereocenters. The molecule has 5 nitrogen and oxygen atoms in total. The normalized spacial score (nSPS) is 13.2. The number of carboxylic acid groups (broad SMARTS) is 1. The van der Waals surface area contributed by atoms with Crippen molar-refractivity contribution < 1.29 is 33.6 Å². The molecule has 6 heteroatoms. The molecule has 0 radical (unpaired) electrons. The summed E-state index contributed by atoms with van der Waals surface area (Å²) in [6, 6.07) is 5.55. The molecule has 1 aliphatic rings. The van der Waals surface area contributed by atoms with Crippen molar-refractivity contribution in [3.05, 3.63) is 29.5 Å². The molecular weight excluding hydrogens is 263 g/mol. The van der Waals surface area contributed by atoms with Crippen molar-refractivity contribution in [2.75, 3.05) is 5.32 Å². The SMILES string of the molecule is CC(C)c1c2c3c(cccc3n1CC(=O)[O-])NC(=O)C2.[Li+]. The van der Waals surface area contributed by atoms with Crippen LogP contribution in [0.15, 0.2) is 18.2 Å². The van der Waals surface area contributed by atoms with Crippen molar-refractivity contribution in [2.24, 2.45) is 0 Å². The standard InChI is InChI=1S/C15H16N2O3.Li/c1-8(2)15-9-6-12(18)16-10-4-3-5-11(14(9)10)17(15)7-13(19)20;/h3-5,8H,6-7H2,1-2H3,(H,16,18)(H,19,20);/q;+1/p-1. The fraction of sp³-hybridized carbons (Fsp3) is 0.333. The van der Waals surface area contributed by atoms with Gasteiger partial charge in [-0.2, -0.15) is 0 Å². The van der Waals surface area contributed by atoms with E-state index in [9.17, 15) is 14.7 Å². The second-order valence-corrected chi connectivity index (χ2v) is 5.40. The van der Waals surface area contributed by atoms with Crippen LogP contribution in [0.4, 0.5) is 5.69 Å². The van der Waals surface area contributed by atoms with Crippen molar-refractivity contribution in [3.8, 4) is 0 Å². The third-order valence-corrected chi connectivity index (χ3v) is 3.68. The van der Waals surface area contributed by atoms with Crippen LogP contribution in [-0.4, -0.2) is 16.4 Å². The maximum absolute atomic E-state index is 11.8. The van der Waals surface area contributed by atoms with Crippen LogP contribution in [0.2, 0.25) is 0 Å². The third-order valence-electron chi connectivity index (χ3n) is 3.68. The molecule has 1 aliphatic heterocycles. The average molecular weight is 278 g/mol. The Morgan fingerprint density at radius 2 is 2.14 bits per heavy atom. The van der Waals surface area contributed by atoms with E-state index in [1.807, 2.05) is 32.0 Å². The Hall–Kier alpha value is -1.70. The number of anilines is 1. The van der Waals surface area contributed by atoms with Gasteiger partial charge in [0.2, 0.25) is 5.91 Å². The minimum absolute atomic E-state index is 0. The minimum atomic E-state index is -1.13. The molecule has 0 saturated carbocycles. The summed E-state index contributed by atoms with van der Waals surface area (Å²) in [6.07, 6.45) is 0.293.